The zero-order chi connectivity index (χ0) is 13.0. The predicted molar refractivity (Wildman–Crippen MR) is 66.1 cm³/mol. The molecular weight excluding hydrogens is 232 g/mol. The molecule has 0 spiro atoms. The Bertz CT molecular complexity index is 410. The molecule has 0 aromatic carbocycles. The summed E-state index contributed by atoms with van der Waals surface area (Å²) in [6, 6.07) is 0. The molecular formula is C12H20N4O2. The number of nitrogens with zero attached hydrogens (tertiary/aromatic N) is 3. The predicted octanol–water partition coefficient (Wildman–Crippen LogP) is 1.41. The second-order valence-corrected chi connectivity index (χ2v) is 4.91. The number of aromatic nitrogens is 3. The normalized spacial score (nSPS) is 16.9. The maximum atomic E-state index is 10.9. The number of carboxylic acid groups (broad SMARTS) is 1. The number of hydrogen-bond donors (Lipinski definition) is 2. The van der Waals surface area contributed by atoms with E-state index in [0.717, 1.165) is 18.9 Å². The van der Waals surface area contributed by atoms with E-state index in [1.165, 1.54) is 32.1 Å². The molecule has 1 aliphatic carbocycles. The summed E-state index contributed by atoms with van der Waals surface area (Å²) in [5.41, 5.74) is 6.09. The lowest BCUT2D eigenvalue weighted by Crippen LogP contribution is -2.15. The van der Waals surface area contributed by atoms with Crippen molar-refractivity contribution in [2.75, 3.05) is 0 Å². The van der Waals surface area contributed by atoms with E-state index in [1.54, 1.807) is 4.68 Å². The molecule has 1 aliphatic rings. The second kappa shape index (κ2) is 5.95. The number of aryl methyl sites for hydroxylation is 1. The van der Waals surface area contributed by atoms with E-state index in [4.69, 9.17) is 10.8 Å². The molecule has 1 aromatic rings. The van der Waals surface area contributed by atoms with E-state index in [-0.39, 0.29) is 12.2 Å². The van der Waals surface area contributed by atoms with Crippen LogP contribution in [0.3, 0.4) is 0 Å². The molecule has 1 fully saturated rings. The Kier molecular flexibility index (Phi) is 4.30. The fourth-order valence-electron chi connectivity index (χ4n) is 2.66. The Labute approximate surface area is 106 Å². The van der Waals surface area contributed by atoms with Crippen LogP contribution < -0.4 is 5.73 Å². The molecule has 0 aliphatic heterocycles. The average Bonchev–Trinajstić information content (AvgIpc) is 2.80. The van der Waals surface area contributed by atoms with Gasteiger partial charge >= 0.3 is 5.97 Å². The van der Waals surface area contributed by atoms with Gasteiger partial charge < -0.3 is 10.8 Å². The van der Waals surface area contributed by atoms with Gasteiger partial charge in [-0.15, -0.1) is 5.10 Å². The summed E-state index contributed by atoms with van der Waals surface area (Å²) in [5.74, 6) is -0.318. The lowest BCUT2D eigenvalue weighted by atomic mass is 9.87. The van der Waals surface area contributed by atoms with Crippen LogP contribution in [-0.2, 0) is 13.1 Å². The molecule has 18 heavy (non-hydrogen) atoms. The average molecular weight is 252 g/mol. The Morgan fingerprint density at radius 3 is 2.72 bits per heavy atom. The van der Waals surface area contributed by atoms with E-state index >= 15 is 0 Å². The summed E-state index contributed by atoms with van der Waals surface area (Å²) in [6.45, 7) is 0.886. The third kappa shape index (κ3) is 2.87. The topological polar surface area (TPSA) is 94.0 Å². The number of carbonyl (C=O) groups is 1. The standard InChI is InChI=1S/C12H20N4O2/c13-8-10-11(12(17)18)14-15-16(10)7-6-9-4-2-1-3-5-9/h9H,1-8,13H2,(H,17,18). The molecule has 100 valence electrons. The van der Waals surface area contributed by atoms with Crippen molar-refractivity contribution in [1.82, 2.24) is 15.0 Å². The molecule has 2 rings (SSSR count). The summed E-state index contributed by atoms with van der Waals surface area (Å²) < 4.78 is 1.65. The number of carboxylic acids is 1. The van der Waals surface area contributed by atoms with Crippen LogP contribution in [0.2, 0.25) is 0 Å². The molecule has 6 heteroatoms. The monoisotopic (exact) mass is 252 g/mol. The van der Waals surface area contributed by atoms with Gasteiger partial charge in [0.15, 0.2) is 5.69 Å². The number of nitrogens with two attached hydrogens (primary N) is 1. The Hall–Kier alpha value is -1.43. The van der Waals surface area contributed by atoms with E-state index in [1.807, 2.05) is 0 Å². The number of aromatic carboxylic acids is 1. The first-order chi connectivity index (χ1) is 8.72. The van der Waals surface area contributed by atoms with Gasteiger partial charge in [0.1, 0.15) is 0 Å². The fourth-order valence-corrected chi connectivity index (χ4v) is 2.66. The molecule has 1 aromatic heterocycles. The number of hydrogen-bond acceptors (Lipinski definition) is 4. The number of rotatable bonds is 5. The minimum Gasteiger partial charge on any atom is -0.476 e. The van der Waals surface area contributed by atoms with Crippen LogP contribution >= 0.6 is 0 Å². The second-order valence-electron chi connectivity index (χ2n) is 4.91. The zero-order valence-corrected chi connectivity index (χ0v) is 10.5. The molecule has 6 nitrogen and oxygen atoms in total. The minimum atomic E-state index is -1.06. The van der Waals surface area contributed by atoms with Crippen molar-refractivity contribution >= 4 is 5.97 Å². The highest BCUT2D eigenvalue weighted by Crippen LogP contribution is 2.26. The third-order valence-corrected chi connectivity index (χ3v) is 3.71. The Morgan fingerprint density at radius 1 is 1.39 bits per heavy atom. The van der Waals surface area contributed by atoms with E-state index in [0.29, 0.717) is 5.69 Å². The van der Waals surface area contributed by atoms with Gasteiger partial charge in [-0.05, 0) is 12.3 Å². The van der Waals surface area contributed by atoms with Crippen LogP contribution in [-0.4, -0.2) is 26.1 Å². The molecule has 0 radical (unpaired) electrons. The Morgan fingerprint density at radius 2 is 2.11 bits per heavy atom. The molecule has 3 N–H and O–H groups in total. The van der Waals surface area contributed by atoms with Gasteiger partial charge in [-0.25, -0.2) is 9.48 Å². The highest BCUT2D eigenvalue weighted by molar-refractivity contribution is 5.86. The van der Waals surface area contributed by atoms with Crippen LogP contribution in [0.1, 0.15) is 54.7 Å². The molecule has 0 unspecified atom stereocenters. The van der Waals surface area contributed by atoms with Crippen LogP contribution in [0.4, 0.5) is 0 Å². The first-order valence-electron chi connectivity index (χ1n) is 6.58. The van der Waals surface area contributed by atoms with Gasteiger partial charge in [0, 0.05) is 13.1 Å². The molecule has 0 atom stereocenters. The van der Waals surface area contributed by atoms with Gasteiger partial charge in [0.25, 0.3) is 0 Å². The highest BCUT2D eigenvalue weighted by atomic mass is 16.4. The lowest BCUT2D eigenvalue weighted by Gasteiger charge is -2.21. The van der Waals surface area contributed by atoms with Crippen molar-refractivity contribution in [3.8, 4) is 0 Å². The zero-order valence-electron chi connectivity index (χ0n) is 10.5. The van der Waals surface area contributed by atoms with Crippen molar-refractivity contribution in [3.63, 3.8) is 0 Å². The van der Waals surface area contributed by atoms with Crippen LogP contribution in [0.5, 0.6) is 0 Å². The summed E-state index contributed by atoms with van der Waals surface area (Å²) in [6.07, 6.45) is 7.56. The highest BCUT2D eigenvalue weighted by Gasteiger charge is 2.19. The van der Waals surface area contributed by atoms with Crippen molar-refractivity contribution in [2.24, 2.45) is 11.7 Å². The molecule has 1 saturated carbocycles. The van der Waals surface area contributed by atoms with Crippen molar-refractivity contribution in [2.45, 2.75) is 51.6 Å². The first-order valence-corrected chi connectivity index (χ1v) is 6.58. The van der Waals surface area contributed by atoms with Gasteiger partial charge in [-0.2, -0.15) is 0 Å². The Balaban J connectivity index is 1.98. The van der Waals surface area contributed by atoms with Crippen LogP contribution in [0.15, 0.2) is 0 Å². The molecule has 1 heterocycles. The minimum absolute atomic E-state index is 0.0128. The summed E-state index contributed by atoms with van der Waals surface area (Å²) in [5, 5.41) is 16.5. The molecule has 0 saturated heterocycles. The van der Waals surface area contributed by atoms with E-state index in [2.05, 4.69) is 10.3 Å². The van der Waals surface area contributed by atoms with Crippen molar-refractivity contribution in [1.29, 1.82) is 0 Å². The van der Waals surface area contributed by atoms with Gasteiger partial charge in [0.05, 0.1) is 5.69 Å². The maximum Gasteiger partial charge on any atom is 0.358 e. The first kappa shape index (κ1) is 13.0. The molecule has 0 amide bonds. The van der Waals surface area contributed by atoms with Crippen LogP contribution in [0, 0.1) is 5.92 Å². The van der Waals surface area contributed by atoms with Crippen molar-refractivity contribution in [3.05, 3.63) is 11.4 Å². The van der Waals surface area contributed by atoms with Crippen molar-refractivity contribution < 1.29 is 9.90 Å². The SMILES string of the molecule is NCc1c(C(=O)O)nnn1CCC1CCCCC1. The largest absolute Gasteiger partial charge is 0.476 e. The smallest absolute Gasteiger partial charge is 0.358 e. The third-order valence-electron chi connectivity index (χ3n) is 3.71. The van der Waals surface area contributed by atoms with Gasteiger partial charge in [-0.1, -0.05) is 37.3 Å². The van der Waals surface area contributed by atoms with Crippen LogP contribution in [0.25, 0.3) is 0 Å². The fraction of sp³-hybridized carbons (Fsp3) is 0.750. The summed E-state index contributed by atoms with van der Waals surface area (Å²) >= 11 is 0. The summed E-state index contributed by atoms with van der Waals surface area (Å²) in [7, 11) is 0. The maximum absolute atomic E-state index is 10.9. The van der Waals surface area contributed by atoms with Gasteiger partial charge in [-0.3, -0.25) is 0 Å². The molecule has 0 bridgehead atoms. The lowest BCUT2D eigenvalue weighted by molar-refractivity contribution is 0.0689. The van der Waals surface area contributed by atoms with E-state index in [9.17, 15) is 4.79 Å². The van der Waals surface area contributed by atoms with Gasteiger partial charge in [0.2, 0.25) is 0 Å². The quantitative estimate of drug-likeness (QED) is 0.826. The summed E-state index contributed by atoms with van der Waals surface area (Å²) in [4.78, 5) is 10.9. The van der Waals surface area contributed by atoms with E-state index < -0.39 is 5.97 Å².